The van der Waals surface area contributed by atoms with E-state index in [4.69, 9.17) is 4.74 Å². The lowest BCUT2D eigenvalue weighted by molar-refractivity contribution is -0.121. The smallest absolute Gasteiger partial charge is 0.132 e. The van der Waals surface area contributed by atoms with Crippen LogP contribution in [-0.4, -0.2) is 11.9 Å². The van der Waals surface area contributed by atoms with Gasteiger partial charge in [0.05, 0.1) is 12.7 Å². The van der Waals surface area contributed by atoms with Crippen molar-refractivity contribution in [2.75, 3.05) is 0 Å². The maximum atomic E-state index is 11.2. The van der Waals surface area contributed by atoms with E-state index in [9.17, 15) is 4.79 Å². The summed E-state index contributed by atoms with van der Waals surface area (Å²) in [5.74, 6) is 0.617. The molecule has 0 spiro atoms. The van der Waals surface area contributed by atoms with Gasteiger partial charge in [-0.2, -0.15) is 0 Å². The average molecular weight is 234 g/mol. The van der Waals surface area contributed by atoms with Crippen LogP contribution >= 0.6 is 0 Å². The van der Waals surface area contributed by atoms with Gasteiger partial charge in [0.2, 0.25) is 0 Å². The van der Waals surface area contributed by atoms with E-state index in [1.54, 1.807) is 6.92 Å². The Hall–Kier alpha value is -1.15. The molecule has 1 aromatic carbocycles. The molecule has 0 aliphatic carbocycles. The third-order valence-electron chi connectivity index (χ3n) is 3.07. The lowest BCUT2D eigenvalue weighted by Crippen LogP contribution is -2.24. The van der Waals surface area contributed by atoms with E-state index in [2.05, 4.69) is 13.8 Å². The first-order valence-corrected chi connectivity index (χ1v) is 6.28. The zero-order valence-electron chi connectivity index (χ0n) is 11.0. The van der Waals surface area contributed by atoms with Crippen LogP contribution in [0.1, 0.15) is 39.2 Å². The molecule has 0 saturated carbocycles. The summed E-state index contributed by atoms with van der Waals surface area (Å²) in [5, 5.41) is 0. The van der Waals surface area contributed by atoms with Gasteiger partial charge in [0.15, 0.2) is 0 Å². The molecule has 2 atom stereocenters. The molecule has 2 heteroatoms. The number of ether oxygens (including phenoxy) is 1. The Morgan fingerprint density at radius 3 is 2.47 bits per heavy atom. The molecule has 0 aliphatic heterocycles. The molecule has 1 unspecified atom stereocenters. The number of benzene rings is 1. The van der Waals surface area contributed by atoms with Crippen molar-refractivity contribution in [2.24, 2.45) is 5.92 Å². The van der Waals surface area contributed by atoms with Gasteiger partial charge in [-0.3, -0.25) is 4.79 Å². The summed E-state index contributed by atoms with van der Waals surface area (Å²) in [5.41, 5.74) is 1.16. The first-order valence-electron chi connectivity index (χ1n) is 6.28. The largest absolute Gasteiger partial charge is 0.373 e. The Labute approximate surface area is 104 Å². The molecule has 1 aromatic rings. The van der Waals surface area contributed by atoms with Crippen LogP contribution in [0.2, 0.25) is 0 Å². The Balaban J connectivity index is 2.51. The maximum absolute atomic E-state index is 11.2. The van der Waals surface area contributed by atoms with Gasteiger partial charge in [-0.1, -0.05) is 50.6 Å². The van der Waals surface area contributed by atoms with Crippen LogP contribution in [0.4, 0.5) is 0 Å². The van der Waals surface area contributed by atoms with Gasteiger partial charge >= 0.3 is 0 Å². The van der Waals surface area contributed by atoms with E-state index in [0.29, 0.717) is 18.9 Å². The van der Waals surface area contributed by atoms with Gasteiger partial charge in [0.1, 0.15) is 5.78 Å². The van der Waals surface area contributed by atoms with Crippen LogP contribution < -0.4 is 0 Å². The van der Waals surface area contributed by atoms with E-state index in [1.165, 1.54) is 0 Å². The molecular formula is C15H22O2. The van der Waals surface area contributed by atoms with Crippen molar-refractivity contribution in [1.29, 1.82) is 0 Å². The van der Waals surface area contributed by atoms with Crippen LogP contribution in [0.15, 0.2) is 30.3 Å². The lowest BCUT2D eigenvalue weighted by Gasteiger charge is -2.22. The van der Waals surface area contributed by atoms with Gasteiger partial charge in [-0.05, 0) is 18.4 Å². The Morgan fingerprint density at radius 2 is 1.94 bits per heavy atom. The number of carbonyl (C=O) groups excluding carboxylic acids is 1. The Bertz CT molecular complexity index is 332. The number of hydrogen-bond acceptors (Lipinski definition) is 2. The highest BCUT2D eigenvalue weighted by molar-refractivity contribution is 5.76. The molecule has 0 heterocycles. The topological polar surface area (TPSA) is 26.3 Å². The highest BCUT2D eigenvalue weighted by Gasteiger charge is 2.18. The number of Topliss-reactive ketones (excluding diaryl/α,β-unsaturated/α-hetero) is 1. The molecule has 0 bridgehead atoms. The second-order valence-corrected chi connectivity index (χ2v) is 4.63. The highest BCUT2D eigenvalue weighted by atomic mass is 16.5. The summed E-state index contributed by atoms with van der Waals surface area (Å²) in [4.78, 5) is 11.2. The van der Waals surface area contributed by atoms with Gasteiger partial charge < -0.3 is 4.74 Å². The molecular weight excluding hydrogens is 212 g/mol. The molecule has 0 aromatic heterocycles. The predicted molar refractivity (Wildman–Crippen MR) is 69.8 cm³/mol. The van der Waals surface area contributed by atoms with Crippen molar-refractivity contribution in [3.05, 3.63) is 35.9 Å². The van der Waals surface area contributed by atoms with Crippen LogP contribution in [-0.2, 0) is 16.1 Å². The molecule has 0 N–H and O–H groups in total. The maximum Gasteiger partial charge on any atom is 0.132 e. The molecule has 0 saturated heterocycles. The van der Waals surface area contributed by atoms with Crippen molar-refractivity contribution in [1.82, 2.24) is 0 Å². The fourth-order valence-corrected chi connectivity index (χ4v) is 1.75. The minimum Gasteiger partial charge on any atom is -0.373 e. The van der Waals surface area contributed by atoms with E-state index in [-0.39, 0.29) is 11.9 Å². The van der Waals surface area contributed by atoms with Crippen LogP contribution in [0.5, 0.6) is 0 Å². The molecule has 0 fully saturated rings. The van der Waals surface area contributed by atoms with Gasteiger partial charge in [-0.25, -0.2) is 0 Å². The van der Waals surface area contributed by atoms with Crippen molar-refractivity contribution in [3.8, 4) is 0 Å². The fraction of sp³-hybridized carbons (Fsp3) is 0.533. The summed E-state index contributed by atoms with van der Waals surface area (Å²) in [6, 6.07) is 10.1. The minimum absolute atomic E-state index is 0.0395. The molecule has 94 valence electrons. The standard InChI is InChI=1S/C15H22O2/c1-4-12(2)15(10-13(3)16)17-11-14-8-6-5-7-9-14/h5-9,12,15H,4,10-11H2,1-3H3/t12?,15-/m0/s1. The summed E-state index contributed by atoms with van der Waals surface area (Å²) in [7, 11) is 0. The quantitative estimate of drug-likeness (QED) is 0.720. The number of carbonyl (C=O) groups is 1. The Kier molecular flexibility index (Phi) is 5.92. The van der Waals surface area contributed by atoms with Gasteiger partial charge in [-0.15, -0.1) is 0 Å². The summed E-state index contributed by atoms with van der Waals surface area (Å²) < 4.78 is 5.87. The number of hydrogen-bond donors (Lipinski definition) is 0. The SMILES string of the molecule is CCC(C)[C@H](CC(C)=O)OCc1ccccc1. The zero-order valence-corrected chi connectivity index (χ0v) is 11.0. The third-order valence-corrected chi connectivity index (χ3v) is 3.07. The second kappa shape index (κ2) is 7.23. The highest BCUT2D eigenvalue weighted by Crippen LogP contribution is 2.17. The predicted octanol–water partition coefficient (Wildman–Crippen LogP) is 3.60. The first-order chi connectivity index (χ1) is 8.13. The summed E-state index contributed by atoms with van der Waals surface area (Å²) in [6.45, 7) is 6.48. The zero-order chi connectivity index (χ0) is 12.7. The average Bonchev–Trinajstić information content (AvgIpc) is 2.34. The normalized spacial score (nSPS) is 14.3. The molecule has 0 aliphatic rings. The van der Waals surface area contributed by atoms with E-state index in [1.807, 2.05) is 30.3 Å². The molecule has 17 heavy (non-hydrogen) atoms. The number of ketones is 1. The Morgan fingerprint density at radius 1 is 1.29 bits per heavy atom. The van der Waals surface area contributed by atoms with Crippen LogP contribution in [0, 0.1) is 5.92 Å². The van der Waals surface area contributed by atoms with Gasteiger partial charge in [0, 0.05) is 6.42 Å². The van der Waals surface area contributed by atoms with Crippen LogP contribution in [0.25, 0.3) is 0 Å². The monoisotopic (exact) mass is 234 g/mol. The van der Waals surface area contributed by atoms with Crippen molar-refractivity contribution >= 4 is 5.78 Å². The molecule has 1 rings (SSSR count). The minimum atomic E-state index is 0.0395. The third kappa shape index (κ3) is 5.14. The lowest BCUT2D eigenvalue weighted by atomic mass is 9.97. The summed E-state index contributed by atoms with van der Waals surface area (Å²) in [6.07, 6.45) is 1.59. The van der Waals surface area contributed by atoms with Crippen LogP contribution in [0.3, 0.4) is 0 Å². The first kappa shape index (κ1) is 13.9. The molecule has 0 radical (unpaired) electrons. The second-order valence-electron chi connectivity index (χ2n) is 4.63. The fourth-order valence-electron chi connectivity index (χ4n) is 1.75. The molecule has 2 nitrogen and oxygen atoms in total. The van der Waals surface area contributed by atoms with Crippen molar-refractivity contribution in [3.63, 3.8) is 0 Å². The van der Waals surface area contributed by atoms with E-state index < -0.39 is 0 Å². The van der Waals surface area contributed by atoms with Gasteiger partial charge in [0.25, 0.3) is 0 Å². The van der Waals surface area contributed by atoms with E-state index in [0.717, 1.165) is 12.0 Å². The molecule has 0 amide bonds. The summed E-state index contributed by atoms with van der Waals surface area (Å²) >= 11 is 0. The number of rotatable bonds is 7. The van der Waals surface area contributed by atoms with E-state index >= 15 is 0 Å². The van der Waals surface area contributed by atoms with Crippen molar-refractivity contribution in [2.45, 2.75) is 46.3 Å². The van der Waals surface area contributed by atoms with Crippen molar-refractivity contribution < 1.29 is 9.53 Å².